The first-order valence-corrected chi connectivity index (χ1v) is 7.99. The minimum Gasteiger partial charge on any atom is -0.489 e. The fourth-order valence-electron chi connectivity index (χ4n) is 2.30. The molecule has 0 saturated carbocycles. The standard InChI is InChI=1S/C21H16F3NO/c22-21(23,24)18-7-4-8-19(13-18)25-14-16-9-11-20(12-10-16)26-15-17-5-2-1-3-6-17/h1-14H,15H2. The predicted molar refractivity (Wildman–Crippen MR) is 95.9 cm³/mol. The van der Waals surface area contributed by atoms with E-state index in [9.17, 15) is 13.2 Å². The van der Waals surface area contributed by atoms with E-state index in [1.807, 2.05) is 30.3 Å². The Kier molecular flexibility index (Phi) is 5.37. The fraction of sp³-hybridized carbons (Fsp3) is 0.0952. The van der Waals surface area contributed by atoms with Crippen molar-refractivity contribution in [1.29, 1.82) is 0 Å². The lowest BCUT2D eigenvalue weighted by molar-refractivity contribution is -0.137. The summed E-state index contributed by atoms with van der Waals surface area (Å²) in [5.41, 5.74) is 1.39. The van der Waals surface area contributed by atoms with Crippen molar-refractivity contribution < 1.29 is 17.9 Å². The molecule has 0 unspecified atom stereocenters. The maximum Gasteiger partial charge on any atom is 0.416 e. The third-order valence-electron chi connectivity index (χ3n) is 3.66. The molecule has 26 heavy (non-hydrogen) atoms. The predicted octanol–water partition coefficient (Wildman–Crippen LogP) is 6.04. The van der Waals surface area contributed by atoms with Gasteiger partial charge in [-0.05, 0) is 53.6 Å². The van der Waals surface area contributed by atoms with Crippen LogP contribution in [0, 0.1) is 0 Å². The molecule has 0 amide bonds. The van der Waals surface area contributed by atoms with Gasteiger partial charge in [-0.15, -0.1) is 0 Å². The largest absolute Gasteiger partial charge is 0.489 e. The molecular formula is C21H16F3NO. The molecule has 0 aliphatic carbocycles. The monoisotopic (exact) mass is 355 g/mol. The molecule has 0 heterocycles. The number of ether oxygens (including phenoxy) is 1. The van der Waals surface area contributed by atoms with Crippen molar-refractivity contribution >= 4 is 11.9 Å². The van der Waals surface area contributed by atoms with Crippen LogP contribution < -0.4 is 4.74 Å². The molecule has 5 heteroatoms. The zero-order valence-electron chi connectivity index (χ0n) is 13.8. The summed E-state index contributed by atoms with van der Waals surface area (Å²) < 4.78 is 43.8. The number of alkyl halides is 3. The quantitative estimate of drug-likeness (QED) is 0.512. The molecule has 3 aromatic rings. The maximum atomic E-state index is 12.7. The summed E-state index contributed by atoms with van der Waals surface area (Å²) >= 11 is 0. The Balaban J connectivity index is 1.63. The van der Waals surface area contributed by atoms with Gasteiger partial charge in [0.2, 0.25) is 0 Å². The van der Waals surface area contributed by atoms with E-state index in [0.717, 1.165) is 23.3 Å². The molecule has 0 aliphatic rings. The summed E-state index contributed by atoms with van der Waals surface area (Å²) in [6.45, 7) is 0.471. The second kappa shape index (κ2) is 7.87. The van der Waals surface area contributed by atoms with Gasteiger partial charge in [-0.3, -0.25) is 4.99 Å². The van der Waals surface area contributed by atoms with E-state index in [2.05, 4.69) is 4.99 Å². The third-order valence-corrected chi connectivity index (χ3v) is 3.66. The van der Waals surface area contributed by atoms with Crippen molar-refractivity contribution in [3.8, 4) is 5.75 Å². The van der Waals surface area contributed by atoms with Gasteiger partial charge in [-0.1, -0.05) is 36.4 Å². The summed E-state index contributed by atoms with van der Waals surface area (Å²) in [6, 6.07) is 21.9. The average molecular weight is 355 g/mol. The van der Waals surface area contributed by atoms with Crippen molar-refractivity contribution in [3.05, 3.63) is 95.6 Å². The lowest BCUT2D eigenvalue weighted by Crippen LogP contribution is -2.03. The number of hydrogen-bond donors (Lipinski definition) is 0. The molecule has 0 aliphatic heterocycles. The summed E-state index contributed by atoms with van der Waals surface area (Å²) in [5, 5.41) is 0. The Hall–Kier alpha value is -3.08. The van der Waals surface area contributed by atoms with Crippen LogP contribution in [0.5, 0.6) is 5.75 Å². The lowest BCUT2D eigenvalue weighted by atomic mass is 10.2. The van der Waals surface area contributed by atoms with Crippen LogP contribution in [0.15, 0.2) is 83.9 Å². The van der Waals surface area contributed by atoms with Crippen LogP contribution in [-0.2, 0) is 12.8 Å². The Labute approximate surface area is 149 Å². The molecule has 3 aromatic carbocycles. The molecule has 0 spiro atoms. The molecule has 0 saturated heterocycles. The molecule has 2 nitrogen and oxygen atoms in total. The van der Waals surface area contributed by atoms with Gasteiger partial charge in [-0.2, -0.15) is 13.2 Å². The highest BCUT2D eigenvalue weighted by molar-refractivity contribution is 5.82. The van der Waals surface area contributed by atoms with Gasteiger partial charge in [0, 0.05) is 6.21 Å². The van der Waals surface area contributed by atoms with Crippen LogP contribution in [0.25, 0.3) is 0 Å². The van der Waals surface area contributed by atoms with Crippen LogP contribution in [0.2, 0.25) is 0 Å². The highest BCUT2D eigenvalue weighted by atomic mass is 19.4. The van der Waals surface area contributed by atoms with Crippen molar-refractivity contribution in [2.24, 2.45) is 4.99 Å². The van der Waals surface area contributed by atoms with Crippen LogP contribution in [0.1, 0.15) is 16.7 Å². The van der Waals surface area contributed by atoms with Gasteiger partial charge in [-0.25, -0.2) is 0 Å². The number of benzene rings is 3. The molecule has 0 radical (unpaired) electrons. The minimum atomic E-state index is -4.37. The Morgan fingerprint density at radius 1 is 0.846 bits per heavy atom. The second-order valence-corrected chi connectivity index (χ2v) is 5.65. The highest BCUT2D eigenvalue weighted by Gasteiger charge is 2.30. The van der Waals surface area contributed by atoms with Gasteiger partial charge < -0.3 is 4.74 Å². The van der Waals surface area contributed by atoms with Crippen LogP contribution in [-0.4, -0.2) is 6.21 Å². The van der Waals surface area contributed by atoms with Gasteiger partial charge in [0.05, 0.1) is 11.3 Å². The molecule has 0 N–H and O–H groups in total. The lowest BCUT2D eigenvalue weighted by Gasteiger charge is -2.07. The van der Waals surface area contributed by atoms with Gasteiger partial charge in [0.25, 0.3) is 0 Å². The van der Waals surface area contributed by atoms with E-state index in [1.54, 1.807) is 24.3 Å². The number of rotatable bonds is 5. The number of hydrogen-bond acceptors (Lipinski definition) is 2. The summed E-state index contributed by atoms with van der Waals surface area (Å²) in [4.78, 5) is 4.11. The summed E-state index contributed by atoms with van der Waals surface area (Å²) in [7, 11) is 0. The zero-order chi connectivity index (χ0) is 18.4. The smallest absolute Gasteiger partial charge is 0.416 e. The van der Waals surface area contributed by atoms with E-state index in [0.29, 0.717) is 12.4 Å². The Morgan fingerprint density at radius 3 is 2.27 bits per heavy atom. The van der Waals surface area contributed by atoms with E-state index < -0.39 is 11.7 Å². The van der Waals surface area contributed by atoms with Crippen LogP contribution in [0.3, 0.4) is 0 Å². The second-order valence-electron chi connectivity index (χ2n) is 5.65. The van der Waals surface area contributed by atoms with Gasteiger partial charge in [0.1, 0.15) is 12.4 Å². The van der Waals surface area contributed by atoms with Crippen molar-refractivity contribution in [1.82, 2.24) is 0 Å². The topological polar surface area (TPSA) is 21.6 Å². The van der Waals surface area contributed by atoms with Crippen molar-refractivity contribution in [2.45, 2.75) is 12.8 Å². The number of aliphatic imine (C=N–C) groups is 1. The first-order chi connectivity index (χ1) is 12.5. The molecule has 0 aromatic heterocycles. The molecular weight excluding hydrogens is 339 g/mol. The third kappa shape index (κ3) is 4.96. The highest BCUT2D eigenvalue weighted by Crippen LogP contribution is 2.31. The fourth-order valence-corrected chi connectivity index (χ4v) is 2.30. The van der Waals surface area contributed by atoms with E-state index in [-0.39, 0.29) is 5.69 Å². The number of halogens is 3. The molecule has 0 fully saturated rings. The first kappa shape index (κ1) is 17.7. The SMILES string of the molecule is FC(F)(F)c1cccc(N=Cc2ccc(OCc3ccccc3)cc2)c1. The molecule has 3 rings (SSSR count). The van der Waals surface area contributed by atoms with Gasteiger partial charge >= 0.3 is 6.18 Å². The normalized spacial score (nSPS) is 11.7. The zero-order valence-corrected chi connectivity index (χ0v) is 13.8. The Morgan fingerprint density at radius 2 is 1.58 bits per heavy atom. The van der Waals surface area contributed by atoms with Crippen LogP contribution >= 0.6 is 0 Å². The van der Waals surface area contributed by atoms with E-state index >= 15 is 0 Å². The average Bonchev–Trinajstić information content (AvgIpc) is 2.66. The Bertz CT molecular complexity index is 872. The van der Waals surface area contributed by atoms with E-state index in [1.165, 1.54) is 18.3 Å². The minimum absolute atomic E-state index is 0.254. The van der Waals surface area contributed by atoms with Crippen LogP contribution in [0.4, 0.5) is 18.9 Å². The first-order valence-electron chi connectivity index (χ1n) is 7.99. The molecule has 0 bridgehead atoms. The maximum absolute atomic E-state index is 12.7. The molecule has 132 valence electrons. The molecule has 0 atom stereocenters. The van der Waals surface area contributed by atoms with Gasteiger partial charge in [0.15, 0.2) is 0 Å². The van der Waals surface area contributed by atoms with Crippen molar-refractivity contribution in [2.75, 3.05) is 0 Å². The summed E-state index contributed by atoms with van der Waals surface area (Å²) in [6.07, 6.45) is -2.85. The summed E-state index contributed by atoms with van der Waals surface area (Å²) in [5.74, 6) is 0.713. The number of nitrogens with zero attached hydrogens (tertiary/aromatic N) is 1. The van der Waals surface area contributed by atoms with Crippen molar-refractivity contribution in [3.63, 3.8) is 0 Å². The van der Waals surface area contributed by atoms with E-state index in [4.69, 9.17) is 4.74 Å².